The normalized spacial score (nSPS) is 13.1. The molecule has 0 aliphatic heterocycles. The standard InChI is InChI=1S/C66H106O12S4/c1-5-9-13-17-21-25-29-33-37-41-45-79(71,72)57-49-53-54(50-58(57)80(73,74)46-42-38-34-30-26-22-18-14-10-6-2)64(68)62-61(63(53)67)65(69)55-51-59(81(75,76)47-43-39-35-31-27-23-19-15-11-7-3)60(52-56(55)66(62)70)82(77,78)48-44-40-36-32-28-24-20-16-12-8-4/h49-52,67-68H,5-48H2,1-4H3. The Balaban J connectivity index is 1.74. The minimum Gasteiger partial charge on any atom is -0.506 e. The summed E-state index contributed by atoms with van der Waals surface area (Å²) in [6, 6.07) is 3.78. The second-order valence-electron chi connectivity index (χ2n) is 23.8. The van der Waals surface area contributed by atoms with Crippen LogP contribution in [0.1, 0.15) is 316 Å². The number of fused-ring (bicyclic) bond motifs is 3. The van der Waals surface area contributed by atoms with Gasteiger partial charge in [0.2, 0.25) is 0 Å². The molecule has 0 amide bonds. The molecule has 3 aromatic carbocycles. The van der Waals surface area contributed by atoms with E-state index in [1.54, 1.807) is 0 Å². The van der Waals surface area contributed by atoms with Crippen molar-refractivity contribution in [3.8, 4) is 11.5 Å². The molecule has 466 valence electrons. The van der Waals surface area contributed by atoms with Crippen LogP contribution >= 0.6 is 0 Å². The monoisotopic (exact) mass is 1220 g/mol. The van der Waals surface area contributed by atoms with E-state index in [9.17, 15) is 53.5 Å². The molecule has 82 heavy (non-hydrogen) atoms. The number of unbranched alkanes of at least 4 members (excludes halogenated alkanes) is 36. The van der Waals surface area contributed by atoms with Crippen molar-refractivity contribution in [2.75, 3.05) is 23.0 Å². The molecule has 0 saturated heterocycles. The largest absolute Gasteiger partial charge is 0.506 e. The number of ketones is 2. The van der Waals surface area contributed by atoms with Gasteiger partial charge in [0.15, 0.2) is 50.9 Å². The summed E-state index contributed by atoms with van der Waals surface area (Å²) >= 11 is 0. The molecule has 0 fully saturated rings. The molecular formula is C66H106O12S4. The van der Waals surface area contributed by atoms with Gasteiger partial charge in [-0.25, -0.2) is 33.7 Å². The topological polar surface area (TPSA) is 211 Å². The quantitative estimate of drug-likeness (QED) is 0.0312. The molecule has 1 aliphatic carbocycles. The van der Waals surface area contributed by atoms with E-state index in [-0.39, 0.29) is 48.0 Å². The first-order valence-corrected chi connectivity index (χ1v) is 39.2. The Hall–Kier alpha value is -3.34. The van der Waals surface area contributed by atoms with E-state index in [0.717, 1.165) is 178 Å². The SMILES string of the molecule is CCCCCCCCCCCCS(=O)(=O)c1cc2c(cc1S(=O)(=O)CCCCCCCCCCCC)C(=O)c1c(c(O)c3cc(S(=O)(=O)CCCCCCCCCCCC)c(S(=O)(=O)CCCCCCCCCCCC)cc3c1O)C2=O. The lowest BCUT2D eigenvalue weighted by molar-refractivity contribution is 0.0974. The number of phenolic OH excluding ortho intramolecular Hbond substituents is 2. The van der Waals surface area contributed by atoms with Crippen molar-refractivity contribution < 1.29 is 53.5 Å². The Morgan fingerprint density at radius 3 is 0.634 bits per heavy atom. The summed E-state index contributed by atoms with van der Waals surface area (Å²) in [5.41, 5.74) is -2.42. The smallest absolute Gasteiger partial charge is 0.198 e. The van der Waals surface area contributed by atoms with Gasteiger partial charge in [-0.15, -0.1) is 0 Å². The molecule has 2 N–H and O–H groups in total. The van der Waals surface area contributed by atoms with Gasteiger partial charge in [-0.3, -0.25) is 9.59 Å². The van der Waals surface area contributed by atoms with Crippen LogP contribution in [0.3, 0.4) is 0 Å². The van der Waals surface area contributed by atoms with Crippen LogP contribution in [-0.4, -0.2) is 78.5 Å². The van der Waals surface area contributed by atoms with E-state index in [4.69, 9.17) is 0 Å². The summed E-state index contributed by atoms with van der Waals surface area (Å²) in [7, 11) is -17.5. The molecule has 0 atom stereocenters. The summed E-state index contributed by atoms with van der Waals surface area (Å²) in [4.78, 5) is 27.3. The van der Waals surface area contributed by atoms with E-state index in [1.165, 1.54) is 51.4 Å². The van der Waals surface area contributed by atoms with Crippen LogP contribution in [-0.2, 0) is 39.3 Å². The van der Waals surface area contributed by atoms with Gasteiger partial charge in [-0.05, 0) is 49.9 Å². The van der Waals surface area contributed by atoms with Crippen LogP contribution in [0.25, 0.3) is 10.8 Å². The Bertz CT molecular complexity index is 2710. The highest BCUT2D eigenvalue weighted by atomic mass is 32.2. The van der Waals surface area contributed by atoms with Gasteiger partial charge in [0.25, 0.3) is 0 Å². The maximum atomic E-state index is 14.8. The first kappa shape index (κ1) is 71.1. The lowest BCUT2D eigenvalue weighted by Gasteiger charge is -2.24. The molecule has 4 rings (SSSR count). The van der Waals surface area contributed by atoms with E-state index in [2.05, 4.69) is 27.7 Å². The molecule has 0 heterocycles. The zero-order chi connectivity index (χ0) is 60.0. The minimum absolute atomic E-state index is 0.241. The van der Waals surface area contributed by atoms with Gasteiger partial charge < -0.3 is 10.2 Å². The first-order valence-electron chi connectivity index (χ1n) is 32.5. The van der Waals surface area contributed by atoms with Crippen molar-refractivity contribution in [2.45, 2.75) is 304 Å². The number of benzene rings is 3. The third-order valence-corrected chi connectivity index (χ3v) is 24.3. The summed E-state index contributed by atoms with van der Waals surface area (Å²) in [6.45, 7) is 8.68. The van der Waals surface area contributed by atoms with Gasteiger partial charge in [-0.2, -0.15) is 0 Å². The van der Waals surface area contributed by atoms with E-state index >= 15 is 0 Å². The van der Waals surface area contributed by atoms with E-state index in [0.29, 0.717) is 25.7 Å². The Kier molecular flexibility index (Phi) is 32.3. The number of sulfone groups is 4. The predicted molar refractivity (Wildman–Crippen MR) is 336 cm³/mol. The Morgan fingerprint density at radius 1 is 0.268 bits per heavy atom. The number of hydrogen-bond donors (Lipinski definition) is 2. The second kappa shape index (κ2) is 37.3. The average molecular weight is 1220 g/mol. The molecule has 0 bridgehead atoms. The summed E-state index contributed by atoms with van der Waals surface area (Å²) in [6.07, 6.45) is 37.7. The van der Waals surface area contributed by atoms with Crippen molar-refractivity contribution in [1.82, 2.24) is 0 Å². The maximum absolute atomic E-state index is 14.8. The van der Waals surface area contributed by atoms with Crippen LogP contribution in [0.2, 0.25) is 0 Å². The zero-order valence-corrected chi connectivity index (χ0v) is 54.3. The van der Waals surface area contributed by atoms with Gasteiger partial charge >= 0.3 is 0 Å². The van der Waals surface area contributed by atoms with Crippen LogP contribution in [0.15, 0.2) is 43.8 Å². The van der Waals surface area contributed by atoms with E-state index < -0.39 is 116 Å². The molecule has 1 aliphatic rings. The van der Waals surface area contributed by atoms with Crippen LogP contribution in [0.5, 0.6) is 11.5 Å². The fraction of sp³-hybridized carbons (Fsp3) is 0.727. The number of rotatable bonds is 48. The van der Waals surface area contributed by atoms with Crippen molar-refractivity contribution in [3.63, 3.8) is 0 Å². The highest BCUT2D eigenvalue weighted by Crippen LogP contribution is 2.47. The molecule has 3 aromatic rings. The molecule has 0 aromatic heterocycles. The van der Waals surface area contributed by atoms with Crippen molar-refractivity contribution in [1.29, 1.82) is 0 Å². The third kappa shape index (κ3) is 22.2. The van der Waals surface area contributed by atoms with Crippen LogP contribution in [0.4, 0.5) is 0 Å². The van der Waals surface area contributed by atoms with E-state index in [1.807, 2.05) is 0 Å². The van der Waals surface area contributed by atoms with Gasteiger partial charge in [0.05, 0.1) is 53.7 Å². The molecule has 16 heteroatoms. The number of carbonyl (C=O) groups excluding carboxylic acids is 2. The first-order chi connectivity index (χ1) is 39.3. The average Bonchev–Trinajstić information content (AvgIpc) is 0.941. The molecule has 12 nitrogen and oxygen atoms in total. The van der Waals surface area contributed by atoms with Crippen molar-refractivity contribution in [2.24, 2.45) is 0 Å². The predicted octanol–water partition coefficient (Wildman–Crippen LogP) is 17.8. The molecule has 0 unspecified atom stereocenters. The third-order valence-electron chi connectivity index (χ3n) is 16.8. The van der Waals surface area contributed by atoms with Crippen molar-refractivity contribution >= 4 is 61.7 Å². The number of hydrogen-bond acceptors (Lipinski definition) is 12. The fourth-order valence-corrected chi connectivity index (χ4v) is 19.0. The van der Waals surface area contributed by atoms with Gasteiger partial charge in [-0.1, -0.05) is 259 Å². The maximum Gasteiger partial charge on any atom is 0.198 e. The summed E-state index contributed by atoms with van der Waals surface area (Å²) in [5.74, 6) is -5.54. The van der Waals surface area contributed by atoms with Gasteiger partial charge in [0.1, 0.15) is 11.5 Å². The number of phenols is 2. The Labute approximate surface area is 497 Å². The fourth-order valence-electron chi connectivity index (χ4n) is 11.6. The lowest BCUT2D eigenvalue weighted by atomic mass is 9.81. The number of aromatic hydroxyl groups is 2. The Morgan fingerprint density at radius 2 is 0.439 bits per heavy atom. The molecule has 0 saturated carbocycles. The molecule has 0 spiro atoms. The molecule has 0 radical (unpaired) electrons. The highest BCUT2D eigenvalue weighted by Gasteiger charge is 2.41. The summed E-state index contributed by atoms with van der Waals surface area (Å²) in [5, 5.41) is 23.5. The van der Waals surface area contributed by atoms with Gasteiger partial charge in [0, 0.05) is 21.9 Å². The highest BCUT2D eigenvalue weighted by molar-refractivity contribution is 7.95. The molecular weight excluding hydrogens is 1110 g/mol. The van der Waals surface area contributed by atoms with Crippen molar-refractivity contribution in [3.05, 3.63) is 46.5 Å². The van der Waals surface area contributed by atoms with Crippen LogP contribution < -0.4 is 0 Å². The lowest BCUT2D eigenvalue weighted by Crippen LogP contribution is -2.25. The summed E-state index contributed by atoms with van der Waals surface area (Å²) < 4.78 is 116. The minimum atomic E-state index is -4.39. The number of carbonyl (C=O) groups is 2. The second-order valence-corrected chi connectivity index (χ2v) is 32.1. The zero-order valence-electron chi connectivity index (χ0n) is 51.0. The van der Waals surface area contributed by atoms with Crippen LogP contribution in [0, 0.1) is 0 Å².